The van der Waals surface area contributed by atoms with Crippen LogP contribution < -0.4 is 14.8 Å². The number of rotatable bonds is 7. The molecule has 1 aromatic rings. The average molecular weight is 407 g/mol. The van der Waals surface area contributed by atoms with Crippen molar-refractivity contribution in [1.29, 1.82) is 0 Å². The van der Waals surface area contributed by atoms with E-state index in [1.54, 1.807) is 30.9 Å². The fourth-order valence-corrected chi connectivity index (χ4v) is 4.24. The van der Waals surface area contributed by atoms with Crippen LogP contribution in [0.1, 0.15) is 12.0 Å². The summed E-state index contributed by atoms with van der Waals surface area (Å²) in [5.74, 6) is 3.70. The number of hydrogen-bond acceptors (Lipinski definition) is 6. The molecule has 1 unspecified atom stereocenters. The van der Waals surface area contributed by atoms with E-state index < -0.39 is 0 Å². The summed E-state index contributed by atoms with van der Waals surface area (Å²) in [6, 6.07) is 4.21. The molecule has 1 saturated heterocycles. The minimum absolute atomic E-state index is 0. The highest BCUT2D eigenvalue weighted by Gasteiger charge is 2.20. The first kappa shape index (κ1) is 22.3. The van der Waals surface area contributed by atoms with Crippen LogP contribution in [-0.4, -0.2) is 62.4 Å². The number of halogens is 1. The first-order valence-corrected chi connectivity index (χ1v) is 10.3. The molecule has 1 aliphatic rings. The van der Waals surface area contributed by atoms with Gasteiger partial charge in [-0.1, -0.05) is 0 Å². The van der Waals surface area contributed by atoms with Gasteiger partial charge in [0.2, 0.25) is 5.91 Å². The van der Waals surface area contributed by atoms with Gasteiger partial charge in [0.25, 0.3) is 0 Å². The van der Waals surface area contributed by atoms with E-state index in [1.807, 2.05) is 37.2 Å². The first-order valence-electron chi connectivity index (χ1n) is 7.93. The fourth-order valence-electron chi connectivity index (χ4n) is 2.68. The molecule has 0 spiro atoms. The molecule has 0 saturated carbocycles. The van der Waals surface area contributed by atoms with Crippen molar-refractivity contribution in [3.05, 3.63) is 17.7 Å². The van der Waals surface area contributed by atoms with Crippen LogP contribution in [0.4, 0.5) is 0 Å². The number of nitrogens with one attached hydrogen (secondary N) is 1. The summed E-state index contributed by atoms with van der Waals surface area (Å²) in [5, 5.41) is 3.42. The molecule has 1 aliphatic heterocycles. The van der Waals surface area contributed by atoms with Crippen molar-refractivity contribution in [2.45, 2.75) is 23.9 Å². The van der Waals surface area contributed by atoms with Gasteiger partial charge in [-0.25, -0.2) is 0 Å². The second-order valence-electron chi connectivity index (χ2n) is 5.70. The summed E-state index contributed by atoms with van der Waals surface area (Å²) in [4.78, 5) is 15.4. The zero-order valence-electron chi connectivity index (χ0n) is 15.2. The van der Waals surface area contributed by atoms with Gasteiger partial charge >= 0.3 is 0 Å². The van der Waals surface area contributed by atoms with E-state index >= 15 is 0 Å². The minimum atomic E-state index is 0. The van der Waals surface area contributed by atoms with Crippen molar-refractivity contribution in [3.8, 4) is 11.5 Å². The highest BCUT2D eigenvalue weighted by Crippen LogP contribution is 2.35. The third kappa shape index (κ3) is 6.16. The van der Waals surface area contributed by atoms with Gasteiger partial charge in [-0.15, -0.1) is 24.2 Å². The second-order valence-corrected chi connectivity index (χ2v) is 7.70. The summed E-state index contributed by atoms with van der Waals surface area (Å²) in [5.41, 5.74) is 1.07. The van der Waals surface area contributed by atoms with Crippen LogP contribution in [0.2, 0.25) is 0 Å². The van der Waals surface area contributed by atoms with Crippen LogP contribution in [0.25, 0.3) is 0 Å². The van der Waals surface area contributed by atoms with Gasteiger partial charge in [-0.2, -0.15) is 11.8 Å². The highest BCUT2D eigenvalue weighted by atomic mass is 35.5. The molecular weight excluding hydrogens is 380 g/mol. The Morgan fingerprint density at radius 3 is 2.60 bits per heavy atom. The largest absolute Gasteiger partial charge is 0.493 e. The number of carbonyl (C=O) groups is 1. The van der Waals surface area contributed by atoms with Crippen LogP contribution in [0.3, 0.4) is 0 Å². The average Bonchev–Trinajstić information content (AvgIpc) is 2.61. The molecule has 0 aliphatic carbocycles. The van der Waals surface area contributed by atoms with E-state index in [9.17, 15) is 4.79 Å². The zero-order chi connectivity index (χ0) is 17.5. The number of methoxy groups -OCH3 is 2. The molecule has 142 valence electrons. The summed E-state index contributed by atoms with van der Waals surface area (Å²) >= 11 is 3.55. The highest BCUT2D eigenvalue weighted by molar-refractivity contribution is 7.99. The third-order valence-corrected chi connectivity index (χ3v) is 5.99. The van der Waals surface area contributed by atoms with E-state index in [1.165, 1.54) is 0 Å². The molecular formula is C17H27ClN2O3S2. The normalized spacial score (nSPS) is 16.7. The van der Waals surface area contributed by atoms with Gasteiger partial charge in [0.1, 0.15) is 0 Å². The van der Waals surface area contributed by atoms with Crippen molar-refractivity contribution in [2.75, 3.05) is 45.6 Å². The topological polar surface area (TPSA) is 50.8 Å². The lowest BCUT2D eigenvalue weighted by molar-refractivity contribution is -0.130. The molecule has 1 N–H and O–H groups in total. The SMILES string of the molecule is COc1cc(CN(C)C(=O)CC2CSCCN2)c(SC)cc1OC.Cl. The van der Waals surface area contributed by atoms with Crippen molar-refractivity contribution >= 4 is 41.8 Å². The number of ether oxygens (including phenoxy) is 2. The Kier molecular flexibility index (Phi) is 9.86. The fraction of sp³-hybridized carbons (Fsp3) is 0.588. The number of nitrogens with zero attached hydrogens (tertiary/aromatic N) is 1. The zero-order valence-corrected chi connectivity index (χ0v) is 17.6. The number of hydrogen-bond donors (Lipinski definition) is 1. The van der Waals surface area contributed by atoms with Crippen molar-refractivity contribution in [2.24, 2.45) is 0 Å². The Bertz CT molecular complexity index is 569. The Labute approximate surface area is 165 Å². The Morgan fingerprint density at radius 2 is 2.04 bits per heavy atom. The maximum Gasteiger partial charge on any atom is 0.224 e. The van der Waals surface area contributed by atoms with Crippen molar-refractivity contribution < 1.29 is 14.3 Å². The lowest BCUT2D eigenvalue weighted by Gasteiger charge is -2.26. The molecule has 2 rings (SSSR count). The Balaban J connectivity index is 0.00000312. The van der Waals surface area contributed by atoms with Gasteiger partial charge in [0.05, 0.1) is 14.2 Å². The van der Waals surface area contributed by atoms with Crippen molar-refractivity contribution in [3.63, 3.8) is 0 Å². The van der Waals surface area contributed by atoms with Crippen LogP contribution in [-0.2, 0) is 11.3 Å². The predicted molar refractivity (Wildman–Crippen MR) is 109 cm³/mol. The number of carbonyl (C=O) groups excluding carboxylic acids is 1. The van der Waals surface area contributed by atoms with Crippen LogP contribution >= 0.6 is 35.9 Å². The van der Waals surface area contributed by atoms with Gasteiger partial charge in [0, 0.05) is 49.0 Å². The molecule has 5 nitrogen and oxygen atoms in total. The third-order valence-electron chi connectivity index (χ3n) is 4.04. The van der Waals surface area contributed by atoms with Crippen LogP contribution in [0.5, 0.6) is 11.5 Å². The molecule has 1 aromatic carbocycles. The van der Waals surface area contributed by atoms with E-state index in [0.29, 0.717) is 24.5 Å². The minimum Gasteiger partial charge on any atom is -0.493 e. The molecule has 1 amide bonds. The summed E-state index contributed by atoms with van der Waals surface area (Å²) in [6.45, 7) is 1.55. The lowest BCUT2D eigenvalue weighted by atomic mass is 10.1. The van der Waals surface area contributed by atoms with E-state index in [2.05, 4.69) is 5.32 Å². The Morgan fingerprint density at radius 1 is 1.36 bits per heavy atom. The summed E-state index contributed by atoms with van der Waals surface area (Å²) < 4.78 is 10.7. The van der Waals surface area contributed by atoms with Crippen molar-refractivity contribution in [1.82, 2.24) is 10.2 Å². The smallest absolute Gasteiger partial charge is 0.224 e. The van der Waals surface area contributed by atoms with Gasteiger partial charge in [-0.05, 0) is 24.0 Å². The molecule has 1 heterocycles. The number of amides is 1. The quantitative estimate of drug-likeness (QED) is 0.702. The molecule has 1 atom stereocenters. The maximum absolute atomic E-state index is 12.5. The molecule has 8 heteroatoms. The van der Waals surface area contributed by atoms with E-state index in [0.717, 1.165) is 28.5 Å². The van der Waals surface area contributed by atoms with Crippen LogP contribution in [0.15, 0.2) is 17.0 Å². The maximum atomic E-state index is 12.5. The summed E-state index contributed by atoms with van der Waals surface area (Å²) in [6.07, 6.45) is 2.57. The van der Waals surface area contributed by atoms with Gasteiger partial charge in [-0.3, -0.25) is 4.79 Å². The van der Waals surface area contributed by atoms with E-state index in [-0.39, 0.29) is 24.4 Å². The number of thioether (sulfide) groups is 2. The van der Waals surface area contributed by atoms with E-state index in [4.69, 9.17) is 9.47 Å². The van der Waals surface area contributed by atoms with Gasteiger partial charge in [0.15, 0.2) is 11.5 Å². The number of benzene rings is 1. The molecule has 1 fully saturated rings. The molecule has 0 aromatic heterocycles. The first-order chi connectivity index (χ1) is 11.6. The monoisotopic (exact) mass is 406 g/mol. The van der Waals surface area contributed by atoms with Gasteiger partial charge < -0.3 is 19.7 Å². The second kappa shape index (κ2) is 11.1. The molecule has 0 radical (unpaired) electrons. The predicted octanol–water partition coefficient (Wildman–Crippen LogP) is 2.90. The van der Waals surface area contributed by atoms with Crippen LogP contribution in [0, 0.1) is 0 Å². The summed E-state index contributed by atoms with van der Waals surface area (Å²) in [7, 11) is 5.12. The molecule has 0 bridgehead atoms. The lowest BCUT2D eigenvalue weighted by Crippen LogP contribution is -2.41. The molecule has 25 heavy (non-hydrogen) atoms. The Hall–Kier alpha value is -0.760. The standard InChI is InChI=1S/C17H26N2O3S2.ClH/c1-19(17(20)8-13-11-24-6-5-18-13)10-12-7-14(21-2)15(22-3)9-16(12)23-4;/h7,9,13,18H,5-6,8,10-11H2,1-4H3;1H.